The van der Waals surface area contributed by atoms with Gasteiger partial charge in [-0.1, -0.05) is 24.3 Å². The zero-order valence-corrected chi connectivity index (χ0v) is 22.5. The molecule has 0 atom stereocenters. The van der Waals surface area contributed by atoms with Gasteiger partial charge >= 0.3 is 0 Å². The number of fused-ring (bicyclic) bond motifs is 1. The summed E-state index contributed by atoms with van der Waals surface area (Å²) in [6.45, 7) is 3.45. The first-order valence-corrected chi connectivity index (χ1v) is 14.3. The molecule has 1 fully saturated rings. The van der Waals surface area contributed by atoms with Crippen LogP contribution in [-0.2, 0) is 23.1 Å². The Balaban J connectivity index is 1.26. The molecular formula is C29H30N4O2S2. The molecule has 6 nitrogen and oxygen atoms in total. The van der Waals surface area contributed by atoms with Crippen molar-refractivity contribution in [2.24, 2.45) is 0 Å². The molecule has 37 heavy (non-hydrogen) atoms. The molecule has 2 aromatic heterocycles. The van der Waals surface area contributed by atoms with Gasteiger partial charge in [0.25, 0.3) is 5.91 Å². The first kappa shape index (κ1) is 24.3. The van der Waals surface area contributed by atoms with Crippen LogP contribution in [-0.4, -0.2) is 42.6 Å². The fourth-order valence-corrected chi connectivity index (χ4v) is 7.45. The van der Waals surface area contributed by atoms with Crippen LogP contribution in [0.3, 0.4) is 0 Å². The van der Waals surface area contributed by atoms with Crippen LogP contribution < -0.4 is 11.1 Å². The molecule has 0 bridgehead atoms. The molecule has 4 heterocycles. The molecule has 4 aromatic rings. The standard InChI is InChI=1S/C29H30N4O2S2/c1-33-13-10-23-26(18-33)37-28(32-23)29(11-14-35-15-12-29)21-7-4-19(5-8-21)27(34)31-24-17-20(6-9-22(24)30)25-3-2-16-36-25/h2-9,16-17H,10-15,18,30H2,1H3,(H,31,34). The highest BCUT2D eigenvalue weighted by Gasteiger charge is 2.40. The largest absolute Gasteiger partial charge is 0.397 e. The van der Waals surface area contributed by atoms with Crippen molar-refractivity contribution >= 4 is 40.0 Å². The Morgan fingerprint density at radius 3 is 2.70 bits per heavy atom. The quantitative estimate of drug-likeness (QED) is 0.319. The van der Waals surface area contributed by atoms with Crippen molar-refractivity contribution in [3.63, 3.8) is 0 Å². The molecule has 0 spiro atoms. The average molecular weight is 531 g/mol. The summed E-state index contributed by atoms with van der Waals surface area (Å²) in [5, 5.41) is 6.24. The topological polar surface area (TPSA) is 80.5 Å². The summed E-state index contributed by atoms with van der Waals surface area (Å²) in [6, 6.07) is 17.9. The summed E-state index contributed by atoms with van der Waals surface area (Å²) in [5.74, 6) is -0.171. The first-order valence-electron chi connectivity index (χ1n) is 12.6. The number of ether oxygens (including phenoxy) is 1. The van der Waals surface area contributed by atoms with Crippen LogP contribution in [0, 0.1) is 0 Å². The fraction of sp³-hybridized carbons (Fsp3) is 0.310. The Morgan fingerprint density at radius 2 is 1.95 bits per heavy atom. The molecule has 8 heteroatoms. The monoisotopic (exact) mass is 530 g/mol. The predicted molar refractivity (Wildman–Crippen MR) is 152 cm³/mol. The number of carbonyl (C=O) groups excluding carboxylic acids is 1. The Bertz CT molecular complexity index is 1410. The van der Waals surface area contributed by atoms with E-state index in [1.54, 1.807) is 11.3 Å². The molecule has 2 aromatic carbocycles. The minimum atomic E-state index is -0.173. The molecule has 0 radical (unpaired) electrons. The van der Waals surface area contributed by atoms with Crippen molar-refractivity contribution in [2.45, 2.75) is 31.2 Å². The number of nitrogens with zero attached hydrogens (tertiary/aromatic N) is 2. The maximum atomic E-state index is 13.2. The maximum Gasteiger partial charge on any atom is 0.255 e. The molecule has 190 valence electrons. The SMILES string of the molecule is CN1CCc2nc(C3(c4ccc(C(=O)Nc5cc(-c6cccs6)ccc5N)cc4)CCOCC3)sc2C1. The van der Waals surface area contributed by atoms with E-state index in [0.717, 1.165) is 42.8 Å². The zero-order chi connectivity index (χ0) is 25.4. The van der Waals surface area contributed by atoms with Gasteiger partial charge in [-0.3, -0.25) is 4.79 Å². The molecule has 0 aliphatic carbocycles. The number of rotatable bonds is 5. The van der Waals surface area contributed by atoms with Gasteiger partial charge in [0, 0.05) is 48.0 Å². The van der Waals surface area contributed by atoms with Crippen LogP contribution in [0.15, 0.2) is 60.0 Å². The predicted octanol–water partition coefficient (Wildman–Crippen LogP) is 5.79. The summed E-state index contributed by atoms with van der Waals surface area (Å²) in [5.41, 5.74) is 11.3. The number of nitrogen functional groups attached to an aromatic ring is 1. The second-order valence-electron chi connectivity index (χ2n) is 9.88. The third-order valence-corrected chi connectivity index (χ3v) is 9.69. The molecule has 1 saturated heterocycles. The van der Waals surface area contributed by atoms with Crippen LogP contribution in [0.2, 0.25) is 0 Å². The lowest BCUT2D eigenvalue weighted by Gasteiger charge is -2.36. The molecule has 0 saturated carbocycles. The van der Waals surface area contributed by atoms with E-state index in [0.29, 0.717) is 30.2 Å². The highest BCUT2D eigenvalue weighted by Crippen LogP contribution is 2.44. The number of hydrogen-bond donors (Lipinski definition) is 2. The lowest BCUT2D eigenvalue weighted by atomic mass is 9.74. The number of amides is 1. The molecule has 3 N–H and O–H groups in total. The lowest BCUT2D eigenvalue weighted by molar-refractivity contribution is 0.0629. The second-order valence-corrected chi connectivity index (χ2v) is 11.9. The number of thiophene rings is 1. The summed E-state index contributed by atoms with van der Waals surface area (Å²) in [7, 11) is 2.17. The minimum absolute atomic E-state index is 0.171. The summed E-state index contributed by atoms with van der Waals surface area (Å²) in [4.78, 5) is 23.2. The van der Waals surface area contributed by atoms with Crippen molar-refractivity contribution in [1.82, 2.24) is 9.88 Å². The average Bonchev–Trinajstić information content (AvgIpc) is 3.61. The summed E-state index contributed by atoms with van der Waals surface area (Å²) >= 11 is 3.51. The number of nitrogens with one attached hydrogen (secondary N) is 1. The molecule has 2 aliphatic rings. The molecular weight excluding hydrogens is 500 g/mol. The van der Waals surface area contributed by atoms with Crippen molar-refractivity contribution in [2.75, 3.05) is 37.9 Å². The number of thiazole rings is 1. The van der Waals surface area contributed by atoms with Gasteiger partial charge in [0.15, 0.2) is 0 Å². The van der Waals surface area contributed by atoms with Crippen molar-refractivity contribution in [3.8, 4) is 10.4 Å². The van der Waals surface area contributed by atoms with Crippen molar-refractivity contribution < 1.29 is 9.53 Å². The Labute approximate surface area is 225 Å². The van der Waals surface area contributed by atoms with E-state index in [4.69, 9.17) is 15.5 Å². The van der Waals surface area contributed by atoms with Gasteiger partial charge in [-0.15, -0.1) is 22.7 Å². The van der Waals surface area contributed by atoms with Gasteiger partial charge in [-0.25, -0.2) is 4.98 Å². The molecule has 1 amide bonds. The first-order chi connectivity index (χ1) is 18.0. The van der Waals surface area contributed by atoms with Gasteiger partial charge < -0.3 is 20.7 Å². The third kappa shape index (κ3) is 4.70. The van der Waals surface area contributed by atoms with Crippen LogP contribution in [0.25, 0.3) is 10.4 Å². The number of hydrogen-bond acceptors (Lipinski definition) is 7. The fourth-order valence-electron chi connectivity index (χ4n) is 5.27. The number of benzene rings is 2. The smallest absolute Gasteiger partial charge is 0.255 e. The van der Waals surface area contributed by atoms with Gasteiger partial charge in [0.1, 0.15) is 5.01 Å². The molecule has 2 aliphatic heterocycles. The van der Waals surface area contributed by atoms with E-state index < -0.39 is 0 Å². The van der Waals surface area contributed by atoms with E-state index in [-0.39, 0.29) is 11.3 Å². The van der Waals surface area contributed by atoms with E-state index in [1.165, 1.54) is 21.1 Å². The van der Waals surface area contributed by atoms with Crippen LogP contribution in [0.4, 0.5) is 11.4 Å². The second kappa shape index (κ2) is 10.0. The van der Waals surface area contributed by atoms with Crippen molar-refractivity contribution in [1.29, 1.82) is 0 Å². The highest BCUT2D eigenvalue weighted by molar-refractivity contribution is 7.13. The molecule has 0 unspecified atom stereocenters. The number of carbonyl (C=O) groups is 1. The lowest BCUT2D eigenvalue weighted by Crippen LogP contribution is -2.35. The van der Waals surface area contributed by atoms with Crippen molar-refractivity contribution in [3.05, 3.63) is 86.7 Å². The minimum Gasteiger partial charge on any atom is -0.397 e. The van der Waals surface area contributed by atoms with E-state index in [2.05, 4.69) is 35.5 Å². The summed E-state index contributed by atoms with van der Waals surface area (Å²) in [6.07, 6.45) is 2.80. The van der Waals surface area contributed by atoms with E-state index in [9.17, 15) is 4.79 Å². The Kier molecular flexibility index (Phi) is 6.58. The Morgan fingerprint density at radius 1 is 1.14 bits per heavy atom. The summed E-state index contributed by atoms with van der Waals surface area (Å²) < 4.78 is 5.76. The number of aromatic nitrogens is 1. The number of anilines is 2. The van der Waals surface area contributed by atoms with Gasteiger partial charge in [-0.05, 0) is 66.7 Å². The molecule has 6 rings (SSSR count). The number of likely N-dealkylation sites (N-methyl/N-ethyl adjacent to an activating group) is 1. The highest BCUT2D eigenvalue weighted by atomic mass is 32.1. The zero-order valence-electron chi connectivity index (χ0n) is 20.8. The van der Waals surface area contributed by atoms with Gasteiger partial charge in [-0.2, -0.15) is 0 Å². The van der Waals surface area contributed by atoms with Crippen LogP contribution in [0.5, 0.6) is 0 Å². The van der Waals surface area contributed by atoms with Crippen LogP contribution >= 0.6 is 22.7 Å². The van der Waals surface area contributed by atoms with Gasteiger partial charge in [0.2, 0.25) is 0 Å². The van der Waals surface area contributed by atoms with E-state index in [1.807, 2.05) is 53.1 Å². The van der Waals surface area contributed by atoms with Crippen LogP contribution in [0.1, 0.15) is 44.3 Å². The van der Waals surface area contributed by atoms with Gasteiger partial charge in [0.05, 0.1) is 22.5 Å². The third-order valence-electron chi connectivity index (χ3n) is 7.48. The maximum absolute atomic E-state index is 13.2. The Hall–Kier alpha value is -3.04. The van der Waals surface area contributed by atoms with E-state index >= 15 is 0 Å². The number of nitrogens with two attached hydrogens (primary N) is 1. The normalized spacial score (nSPS) is 17.3.